The third-order valence-electron chi connectivity index (χ3n) is 5.57. The number of rotatable bonds is 7. The molecule has 0 aromatic heterocycles. The number of unbranched alkanes of at least 4 members (excludes halogenated alkanes) is 1. The van der Waals surface area contributed by atoms with Crippen LogP contribution in [0.5, 0.6) is 0 Å². The second-order valence-corrected chi connectivity index (χ2v) is 7.78. The smallest absolute Gasteiger partial charge is 0.333 e. The van der Waals surface area contributed by atoms with E-state index in [1.807, 2.05) is 0 Å². The highest BCUT2D eigenvalue weighted by Gasteiger charge is 2.60. The number of carbonyl (C=O) groups excluding carboxylic acids is 1. The Kier molecular flexibility index (Phi) is 4.34. The molecule has 4 aliphatic carbocycles. The quantitative estimate of drug-likeness (QED) is 0.446. The fourth-order valence-electron chi connectivity index (χ4n) is 5.17. The molecule has 0 saturated heterocycles. The van der Waals surface area contributed by atoms with Crippen LogP contribution in [0.15, 0.2) is 12.2 Å². The summed E-state index contributed by atoms with van der Waals surface area (Å²) in [5.41, 5.74) is 0.0556. The van der Waals surface area contributed by atoms with E-state index in [9.17, 15) is 4.79 Å². The van der Waals surface area contributed by atoms with E-state index in [0.29, 0.717) is 24.0 Å². The minimum absolute atomic E-state index is 0.102. The summed E-state index contributed by atoms with van der Waals surface area (Å²) in [5.74, 6) is 0.992. The van der Waals surface area contributed by atoms with Crippen molar-refractivity contribution < 1.29 is 19.4 Å². The molecule has 0 heterocycles. The van der Waals surface area contributed by atoms with Gasteiger partial charge in [0.15, 0.2) is 0 Å². The van der Waals surface area contributed by atoms with Crippen LogP contribution in [-0.4, -0.2) is 35.5 Å². The number of hydrogen-bond donors (Lipinski definition) is 1. The highest BCUT2D eigenvalue weighted by Crippen LogP contribution is 2.60. The van der Waals surface area contributed by atoms with Gasteiger partial charge >= 0.3 is 5.97 Å². The number of aliphatic hydroxyl groups excluding tert-OH is 1. The average Bonchev–Trinajstić information content (AvgIpc) is 2.41. The molecule has 0 aliphatic heterocycles. The molecule has 0 aromatic carbocycles. The molecular formula is C18H28O4. The Hall–Kier alpha value is -0.870. The zero-order chi connectivity index (χ0) is 15.8. The monoisotopic (exact) mass is 308 g/mol. The molecule has 0 aromatic rings. The first-order valence-corrected chi connectivity index (χ1v) is 8.60. The molecule has 4 nitrogen and oxygen atoms in total. The summed E-state index contributed by atoms with van der Waals surface area (Å²) in [5, 5.41) is 8.90. The second kappa shape index (κ2) is 5.97. The van der Waals surface area contributed by atoms with Crippen molar-refractivity contribution in [3.05, 3.63) is 12.2 Å². The van der Waals surface area contributed by atoms with Gasteiger partial charge in [0.1, 0.15) is 5.60 Å². The Morgan fingerprint density at radius 3 is 2.41 bits per heavy atom. The van der Waals surface area contributed by atoms with Crippen molar-refractivity contribution in [3.8, 4) is 0 Å². The molecule has 4 heteroatoms. The van der Waals surface area contributed by atoms with Crippen LogP contribution in [0.4, 0.5) is 0 Å². The summed E-state index contributed by atoms with van der Waals surface area (Å²) < 4.78 is 12.2. The summed E-state index contributed by atoms with van der Waals surface area (Å²) >= 11 is 0. The van der Waals surface area contributed by atoms with Gasteiger partial charge in [0.25, 0.3) is 0 Å². The maximum Gasteiger partial charge on any atom is 0.333 e. The van der Waals surface area contributed by atoms with Crippen molar-refractivity contribution in [3.63, 3.8) is 0 Å². The third-order valence-corrected chi connectivity index (χ3v) is 5.57. The van der Waals surface area contributed by atoms with Crippen LogP contribution in [0.25, 0.3) is 0 Å². The second-order valence-electron chi connectivity index (χ2n) is 7.78. The molecule has 2 atom stereocenters. The van der Waals surface area contributed by atoms with Crippen LogP contribution in [0.3, 0.4) is 0 Å². The molecule has 22 heavy (non-hydrogen) atoms. The van der Waals surface area contributed by atoms with E-state index < -0.39 is 0 Å². The van der Waals surface area contributed by atoms with Crippen molar-refractivity contribution >= 4 is 5.97 Å². The molecule has 4 fully saturated rings. The summed E-state index contributed by atoms with van der Waals surface area (Å²) in [6, 6.07) is 0. The summed E-state index contributed by atoms with van der Waals surface area (Å²) in [6.07, 6.45) is 7.97. The zero-order valence-electron chi connectivity index (χ0n) is 13.6. The maximum atomic E-state index is 12.0. The van der Waals surface area contributed by atoms with Gasteiger partial charge in [-0.3, -0.25) is 0 Å². The summed E-state index contributed by atoms with van der Waals surface area (Å²) in [6.45, 7) is 6.35. The highest BCUT2D eigenvalue weighted by molar-refractivity contribution is 5.87. The van der Waals surface area contributed by atoms with Crippen LogP contribution < -0.4 is 0 Å². The van der Waals surface area contributed by atoms with Crippen LogP contribution in [0.1, 0.15) is 58.3 Å². The van der Waals surface area contributed by atoms with Gasteiger partial charge in [-0.05, 0) is 63.7 Å². The standard InChI is InChI=1S/C18H28O4/c1-13(2)16(20)22-18-10-14-7-15(11-18)9-17(8-14,12-18)21-6-4-3-5-19/h14-15,19H,1,3-12H2,2H3. The van der Waals surface area contributed by atoms with Gasteiger partial charge in [0.2, 0.25) is 0 Å². The van der Waals surface area contributed by atoms with Crippen molar-refractivity contribution in [2.75, 3.05) is 13.2 Å². The first kappa shape index (κ1) is 16.0. The van der Waals surface area contributed by atoms with Crippen molar-refractivity contribution in [2.45, 2.75) is 69.5 Å². The predicted molar refractivity (Wildman–Crippen MR) is 83.3 cm³/mol. The molecule has 4 saturated carbocycles. The van der Waals surface area contributed by atoms with Crippen molar-refractivity contribution in [1.82, 2.24) is 0 Å². The molecule has 4 bridgehead atoms. The van der Waals surface area contributed by atoms with E-state index in [2.05, 4.69) is 6.58 Å². The van der Waals surface area contributed by atoms with Gasteiger partial charge < -0.3 is 14.6 Å². The minimum Gasteiger partial charge on any atom is -0.456 e. The molecule has 0 radical (unpaired) electrons. The SMILES string of the molecule is C=C(C)C(=O)OC12CC3CC(CC(OCCCCO)(C3)C1)C2. The van der Waals surface area contributed by atoms with Gasteiger partial charge in [-0.1, -0.05) is 6.58 Å². The van der Waals surface area contributed by atoms with Crippen LogP contribution in [0, 0.1) is 11.8 Å². The lowest BCUT2D eigenvalue weighted by Crippen LogP contribution is -2.61. The topological polar surface area (TPSA) is 55.8 Å². The fraction of sp³-hybridized carbons (Fsp3) is 0.833. The predicted octanol–water partition coefficient (Wildman–Crippen LogP) is 2.99. The van der Waals surface area contributed by atoms with Crippen molar-refractivity contribution in [1.29, 1.82) is 0 Å². The van der Waals surface area contributed by atoms with Gasteiger partial charge in [0, 0.05) is 25.2 Å². The van der Waals surface area contributed by atoms with Gasteiger partial charge in [-0.15, -0.1) is 0 Å². The molecule has 4 rings (SSSR count). The molecule has 4 aliphatic rings. The Bertz CT molecular complexity index is 442. The average molecular weight is 308 g/mol. The maximum absolute atomic E-state index is 12.0. The molecular weight excluding hydrogens is 280 g/mol. The molecule has 0 spiro atoms. The first-order valence-electron chi connectivity index (χ1n) is 8.60. The van der Waals surface area contributed by atoms with Crippen LogP contribution in [0.2, 0.25) is 0 Å². The lowest BCUT2D eigenvalue weighted by atomic mass is 9.52. The molecule has 124 valence electrons. The van der Waals surface area contributed by atoms with Gasteiger partial charge in [0.05, 0.1) is 5.60 Å². The zero-order valence-corrected chi connectivity index (χ0v) is 13.6. The lowest BCUT2D eigenvalue weighted by molar-refractivity contribution is -0.232. The largest absolute Gasteiger partial charge is 0.456 e. The van der Waals surface area contributed by atoms with E-state index in [1.165, 1.54) is 6.42 Å². The normalized spacial score (nSPS) is 39.0. The number of esters is 1. The Balaban J connectivity index is 1.69. The van der Waals surface area contributed by atoms with E-state index >= 15 is 0 Å². The van der Waals surface area contributed by atoms with E-state index in [-0.39, 0.29) is 23.8 Å². The number of hydrogen-bond acceptors (Lipinski definition) is 4. The van der Waals surface area contributed by atoms with E-state index in [0.717, 1.165) is 44.9 Å². The molecule has 1 N–H and O–H groups in total. The third kappa shape index (κ3) is 3.09. The molecule has 2 unspecified atom stereocenters. The summed E-state index contributed by atoms with van der Waals surface area (Å²) in [4.78, 5) is 12.0. The Morgan fingerprint density at radius 1 is 1.18 bits per heavy atom. The van der Waals surface area contributed by atoms with Crippen molar-refractivity contribution in [2.24, 2.45) is 11.8 Å². The molecule has 0 amide bonds. The highest BCUT2D eigenvalue weighted by atomic mass is 16.6. The minimum atomic E-state index is -0.322. The van der Waals surface area contributed by atoms with E-state index in [1.54, 1.807) is 6.92 Å². The Morgan fingerprint density at radius 2 is 1.82 bits per heavy atom. The fourth-order valence-corrected chi connectivity index (χ4v) is 5.17. The van der Waals surface area contributed by atoms with Crippen LogP contribution in [-0.2, 0) is 14.3 Å². The van der Waals surface area contributed by atoms with Crippen LogP contribution >= 0.6 is 0 Å². The number of ether oxygens (including phenoxy) is 2. The summed E-state index contributed by atoms with van der Waals surface area (Å²) in [7, 11) is 0. The number of aliphatic hydroxyl groups is 1. The lowest BCUT2D eigenvalue weighted by Gasteiger charge is -2.60. The van der Waals surface area contributed by atoms with Gasteiger partial charge in [-0.25, -0.2) is 4.79 Å². The van der Waals surface area contributed by atoms with Gasteiger partial charge in [-0.2, -0.15) is 0 Å². The van der Waals surface area contributed by atoms with E-state index in [4.69, 9.17) is 14.6 Å². The number of carbonyl (C=O) groups is 1. The Labute approximate surface area is 132 Å². The first-order chi connectivity index (χ1) is 10.5.